The zero-order valence-electron chi connectivity index (χ0n) is 13.5. The molecule has 1 aromatic carbocycles. The highest BCUT2D eigenvalue weighted by molar-refractivity contribution is 5.80. The maximum absolute atomic E-state index is 13.6. The number of rotatable bonds is 3. The number of amides is 1. The summed E-state index contributed by atoms with van der Waals surface area (Å²) >= 11 is 0. The summed E-state index contributed by atoms with van der Waals surface area (Å²) in [5, 5.41) is 0. The van der Waals surface area contributed by atoms with Gasteiger partial charge in [0.1, 0.15) is 5.82 Å². The van der Waals surface area contributed by atoms with E-state index in [2.05, 4.69) is 11.9 Å². The number of likely N-dealkylation sites (tertiary alicyclic amines) is 1. The van der Waals surface area contributed by atoms with E-state index >= 15 is 0 Å². The van der Waals surface area contributed by atoms with E-state index in [9.17, 15) is 9.18 Å². The van der Waals surface area contributed by atoms with Crippen molar-refractivity contribution in [3.63, 3.8) is 0 Å². The van der Waals surface area contributed by atoms with Crippen molar-refractivity contribution in [3.8, 4) is 0 Å². The number of pyridine rings is 1. The van der Waals surface area contributed by atoms with Crippen LogP contribution in [0.5, 0.6) is 0 Å². The number of hydrogen-bond acceptors (Lipinski definition) is 2. The molecule has 0 saturated carbocycles. The second-order valence-corrected chi connectivity index (χ2v) is 6.33. The third-order valence-electron chi connectivity index (χ3n) is 4.69. The van der Waals surface area contributed by atoms with Gasteiger partial charge in [0.05, 0.1) is 12.5 Å². The Labute approximate surface area is 136 Å². The molecule has 2 atom stereocenters. The number of benzene rings is 1. The van der Waals surface area contributed by atoms with Gasteiger partial charge in [-0.25, -0.2) is 4.39 Å². The van der Waals surface area contributed by atoms with Gasteiger partial charge in [-0.15, -0.1) is 0 Å². The predicted molar refractivity (Wildman–Crippen MR) is 87.3 cm³/mol. The summed E-state index contributed by atoms with van der Waals surface area (Å²) in [5.74, 6) is 0.177. The maximum Gasteiger partial charge on any atom is 0.227 e. The molecule has 23 heavy (non-hydrogen) atoms. The molecular weight excluding hydrogens is 291 g/mol. The SMILES string of the molecule is Cc1cnccc1CC(=O)N1CC[C@@H](C)[C@H]1c1cccc(F)c1. The lowest BCUT2D eigenvalue weighted by Gasteiger charge is -2.28. The van der Waals surface area contributed by atoms with E-state index in [-0.39, 0.29) is 17.8 Å². The van der Waals surface area contributed by atoms with Crippen molar-refractivity contribution in [2.75, 3.05) is 6.54 Å². The van der Waals surface area contributed by atoms with Crippen molar-refractivity contribution in [1.29, 1.82) is 0 Å². The Hall–Kier alpha value is -2.23. The Morgan fingerprint density at radius 2 is 2.22 bits per heavy atom. The Bertz CT molecular complexity index is 716. The first-order valence-corrected chi connectivity index (χ1v) is 8.00. The first-order valence-electron chi connectivity index (χ1n) is 8.00. The van der Waals surface area contributed by atoms with Crippen molar-refractivity contribution >= 4 is 5.91 Å². The van der Waals surface area contributed by atoms with Gasteiger partial charge in [0.15, 0.2) is 0 Å². The van der Waals surface area contributed by atoms with Crippen LogP contribution in [0.1, 0.15) is 36.1 Å². The summed E-state index contributed by atoms with van der Waals surface area (Å²) < 4.78 is 13.6. The summed E-state index contributed by atoms with van der Waals surface area (Å²) in [6.45, 7) is 4.82. The number of carbonyl (C=O) groups excluding carboxylic acids is 1. The summed E-state index contributed by atoms with van der Waals surface area (Å²) in [7, 11) is 0. The van der Waals surface area contributed by atoms with E-state index in [0.29, 0.717) is 12.3 Å². The third-order valence-corrected chi connectivity index (χ3v) is 4.69. The fourth-order valence-corrected chi connectivity index (χ4v) is 3.39. The number of aryl methyl sites for hydroxylation is 1. The molecule has 4 heteroatoms. The van der Waals surface area contributed by atoms with E-state index in [1.165, 1.54) is 6.07 Å². The molecule has 1 saturated heterocycles. The number of hydrogen-bond donors (Lipinski definition) is 0. The summed E-state index contributed by atoms with van der Waals surface area (Å²) in [6, 6.07) is 8.46. The van der Waals surface area contributed by atoms with Gasteiger partial charge in [-0.1, -0.05) is 19.1 Å². The minimum absolute atomic E-state index is 0.0413. The molecule has 0 unspecified atom stereocenters. The fourth-order valence-electron chi connectivity index (χ4n) is 3.39. The van der Waals surface area contributed by atoms with Crippen LogP contribution in [-0.2, 0) is 11.2 Å². The van der Waals surface area contributed by atoms with Gasteiger partial charge in [-0.3, -0.25) is 9.78 Å². The molecule has 2 aromatic rings. The molecule has 1 aliphatic rings. The van der Waals surface area contributed by atoms with Crippen LogP contribution in [0.3, 0.4) is 0 Å². The first kappa shape index (κ1) is 15.7. The molecule has 1 aliphatic heterocycles. The predicted octanol–water partition coefficient (Wildman–Crippen LogP) is 3.68. The van der Waals surface area contributed by atoms with Crippen LogP contribution < -0.4 is 0 Å². The van der Waals surface area contributed by atoms with Crippen molar-refractivity contribution < 1.29 is 9.18 Å². The largest absolute Gasteiger partial charge is 0.335 e. The lowest BCUT2D eigenvalue weighted by atomic mass is 9.95. The van der Waals surface area contributed by atoms with E-state index in [4.69, 9.17) is 0 Å². The molecule has 3 rings (SSSR count). The van der Waals surface area contributed by atoms with Gasteiger partial charge in [-0.2, -0.15) is 0 Å². The highest BCUT2D eigenvalue weighted by Crippen LogP contribution is 2.37. The standard InChI is InChI=1S/C19H21FN2O/c1-13-7-9-22(19(13)16-4-3-5-17(20)10-16)18(23)11-15-6-8-21-12-14(15)2/h3-6,8,10,12-13,19H,7,9,11H2,1-2H3/t13-,19+/m1/s1. The molecule has 3 nitrogen and oxygen atoms in total. The lowest BCUT2D eigenvalue weighted by molar-refractivity contribution is -0.131. The van der Waals surface area contributed by atoms with Crippen LogP contribution in [0.4, 0.5) is 4.39 Å². The number of carbonyl (C=O) groups is 1. The second-order valence-electron chi connectivity index (χ2n) is 6.33. The highest BCUT2D eigenvalue weighted by atomic mass is 19.1. The van der Waals surface area contributed by atoms with Gasteiger partial charge >= 0.3 is 0 Å². The number of nitrogens with zero attached hydrogens (tertiary/aromatic N) is 2. The average Bonchev–Trinajstić information content (AvgIpc) is 2.91. The molecule has 0 bridgehead atoms. The molecule has 0 aliphatic carbocycles. The Kier molecular flexibility index (Phi) is 4.42. The fraction of sp³-hybridized carbons (Fsp3) is 0.368. The van der Waals surface area contributed by atoms with Crippen molar-refractivity contribution in [3.05, 3.63) is 65.2 Å². The highest BCUT2D eigenvalue weighted by Gasteiger charge is 2.35. The summed E-state index contributed by atoms with van der Waals surface area (Å²) in [4.78, 5) is 18.8. The van der Waals surface area contributed by atoms with Gasteiger partial charge in [0.25, 0.3) is 0 Å². The smallest absolute Gasteiger partial charge is 0.227 e. The quantitative estimate of drug-likeness (QED) is 0.866. The molecule has 120 valence electrons. The molecule has 0 radical (unpaired) electrons. The Balaban J connectivity index is 1.83. The van der Waals surface area contributed by atoms with E-state index < -0.39 is 0 Å². The molecule has 1 aromatic heterocycles. The van der Waals surface area contributed by atoms with Gasteiger partial charge in [0, 0.05) is 18.9 Å². The monoisotopic (exact) mass is 312 g/mol. The van der Waals surface area contributed by atoms with Crippen LogP contribution in [0.15, 0.2) is 42.7 Å². The summed E-state index contributed by atoms with van der Waals surface area (Å²) in [5.41, 5.74) is 2.91. The Morgan fingerprint density at radius 3 is 2.96 bits per heavy atom. The van der Waals surface area contributed by atoms with Crippen LogP contribution in [-0.4, -0.2) is 22.3 Å². The van der Waals surface area contributed by atoms with Crippen LogP contribution >= 0.6 is 0 Å². The molecule has 0 N–H and O–H groups in total. The first-order chi connectivity index (χ1) is 11.1. The minimum Gasteiger partial charge on any atom is -0.335 e. The third kappa shape index (κ3) is 3.26. The number of aromatic nitrogens is 1. The number of halogens is 1. The zero-order valence-corrected chi connectivity index (χ0v) is 13.5. The van der Waals surface area contributed by atoms with Gasteiger partial charge < -0.3 is 4.90 Å². The van der Waals surface area contributed by atoms with Gasteiger partial charge in [-0.05, 0) is 54.2 Å². The van der Waals surface area contributed by atoms with E-state index in [0.717, 1.165) is 29.7 Å². The minimum atomic E-state index is -0.251. The Morgan fingerprint density at radius 1 is 1.39 bits per heavy atom. The molecule has 1 amide bonds. The molecular formula is C19H21FN2O. The summed E-state index contributed by atoms with van der Waals surface area (Å²) in [6.07, 6.45) is 4.81. The second kappa shape index (κ2) is 6.49. The molecule has 0 spiro atoms. The van der Waals surface area contributed by atoms with Crippen LogP contribution in [0.2, 0.25) is 0 Å². The molecule has 1 fully saturated rings. The van der Waals surface area contributed by atoms with Crippen molar-refractivity contribution in [2.24, 2.45) is 5.92 Å². The zero-order chi connectivity index (χ0) is 16.4. The lowest BCUT2D eigenvalue weighted by Crippen LogP contribution is -2.33. The maximum atomic E-state index is 13.6. The molecule has 2 heterocycles. The van der Waals surface area contributed by atoms with Crippen LogP contribution in [0, 0.1) is 18.7 Å². The average molecular weight is 312 g/mol. The van der Waals surface area contributed by atoms with Crippen molar-refractivity contribution in [2.45, 2.75) is 32.7 Å². The van der Waals surface area contributed by atoms with Crippen LogP contribution in [0.25, 0.3) is 0 Å². The normalized spacial score (nSPS) is 20.7. The topological polar surface area (TPSA) is 33.2 Å². The van der Waals surface area contributed by atoms with Crippen molar-refractivity contribution in [1.82, 2.24) is 9.88 Å². The van der Waals surface area contributed by atoms with E-state index in [1.54, 1.807) is 24.5 Å². The van der Waals surface area contributed by atoms with Gasteiger partial charge in [0.2, 0.25) is 5.91 Å². The van der Waals surface area contributed by atoms with E-state index in [1.807, 2.05) is 24.0 Å².